The molecule has 1 saturated carbocycles. The Hall–Kier alpha value is -1.99. The fraction of sp³-hybridized carbons (Fsp3) is 0.583. The maximum Gasteiger partial charge on any atom is 0.227 e. The van der Waals surface area contributed by atoms with Gasteiger partial charge >= 0.3 is 0 Å². The first-order chi connectivity index (χ1) is 15.2. The molecule has 0 radical (unpaired) electrons. The van der Waals surface area contributed by atoms with Gasteiger partial charge in [-0.3, -0.25) is 4.21 Å². The lowest BCUT2D eigenvalue weighted by Gasteiger charge is -2.47. The Morgan fingerprint density at radius 2 is 1.94 bits per heavy atom. The first-order valence-electron chi connectivity index (χ1n) is 11.7. The molecule has 2 aliphatic heterocycles. The van der Waals surface area contributed by atoms with Crippen LogP contribution in [0.5, 0.6) is 0 Å². The van der Waals surface area contributed by atoms with Crippen molar-refractivity contribution >= 4 is 22.6 Å². The lowest BCUT2D eigenvalue weighted by atomic mass is 9.76. The zero-order valence-electron chi connectivity index (χ0n) is 17.9. The number of aryl methyl sites for hydroxylation is 2. The second-order valence-corrected chi connectivity index (χ2v) is 11.0. The van der Waals surface area contributed by atoms with E-state index in [0.29, 0.717) is 11.8 Å². The van der Waals surface area contributed by atoms with Crippen LogP contribution in [-0.2, 0) is 23.6 Å². The molecule has 0 unspecified atom stereocenters. The van der Waals surface area contributed by atoms with Crippen molar-refractivity contribution in [2.75, 3.05) is 35.4 Å². The summed E-state index contributed by atoms with van der Waals surface area (Å²) in [4.78, 5) is 14.6. The zero-order chi connectivity index (χ0) is 21.0. The van der Waals surface area contributed by atoms with Gasteiger partial charge in [-0.15, -0.1) is 0 Å². The molecule has 1 aromatic heterocycles. The predicted molar refractivity (Wildman–Crippen MR) is 122 cm³/mol. The molecule has 0 bridgehead atoms. The molecule has 1 aromatic carbocycles. The molecule has 2 aromatic rings. The van der Waals surface area contributed by atoms with Gasteiger partial charge in [-0.2, -0.15) is 4.98 Å². The summed E-state index contributed by atoms with van der Waals surface area (Å²) in [6.45, 7) is 1.97. The van der Waals surface area contributed by atoms with Gasteiger partial charge in [0.2, 0.25) is 5.95 Å². The minimum Gasteiger partial charge on any atom is -0.394 e. The van der Waals surface area contributed by atoms with Crippen LogP contribution < -0.4 is 9.80 Å². The highest BCUT2D eigenvalue weighted by molar-refractivity contribution is 7.85. The second kappa shape index (κ2) is 7.55. The second-order valence-electron chi connectivity index (χ2n) is 9.64. The third-order valence-corrected chi connectivity index (χ3v) is 9.27. The summed E-state index contributed by atoms with van der Waals surface area (Å²) in [6, 6.07) is 7.14. The van der Waals surface area contributed by atoms with Crippen molar-refractivity contribution in [1.29, 1.82) is 0 Å². The summed E-state index contributed by atoms with van der Waals surface area (Å²) in [5, 5.41) is 10.0. The monoisotopic (exact) mass is 438 g/mol. The summed E-state index contributed by atoms with van der Waals surface area (Å²) in [5.74, 6) is 2.54. The molecule has 0 amide bonds. The summed E-state index contributed by atoms with van der Waals surface area (Å²) < 4.78 is 12.6. The van der Waals surface area contributed by atoms with Crippen LogP contribution in [-0.4, -0.2) is 50.4 Å². The number of fused-ring (bicyclic) bond motifs is 2. The first-order valence-corrected chi connectivity index (χ1v) is 13.0. The standard InChI is InChI=1S/C24H30N4O2S/c29-15-24(9-2-10-24)28-16-31(30)21-14-25-23(26-22(21)28)27-11-7-18(8-12-27)20-6-5-17-3-1-4-19(17)13-20/h5-6,13-14,18,29H,1-4,7-12,15-16H2/t31-/m0/s1. The van der Waals surface area contributed by atoms with Crippen LogP contribution in [0, 0.1) is 0 Å². The van der Waals surface area contributed by atoms with Gasteiger partial charge < -0.3 is 14.9 Å². The van der Waals surface area contributed by atoms with E-state index in [-0.39, 0.29) is 12.1 Å². The van der Waals surface area contributed by atoms with Gasteiger partial charge in [-0.1, -0.05) is 18.2 Å². The molecule has 6 rings (SSSR count). The van der Waals surface area contributed by atoms with Gasteiger partial charge in [-0.05, 0) is 74.0 Å². The Bertz CT molecular complexity index is 1020. The number of benzene rings is 1. The van der Waals surface area contributed by atoms with Gasteiger partial charge in [0.25, 0.3) is 0 Å². The van der Waals surface area contributed by atoms with Crippen LogP contribution in [0.1, 0.15) is 61.1 Å². The van der Waals surface area contributed by atoms with Gasteiger partial charge in [-0.25, -0.2) is 4.98 Å². The van der Waals surface area contributed by atoms with E-state index in [9.17, 15) is 9.32 Å². The van der Waals surface area contributed by atoms with E-state index in [1.165, 1.54) is 24.8 Å². The number of nitrogens with zero attached hydrogens (tertiary/aromatic N) is 4. The molecule has 1 atom stereocenters. The number of rotatable bonds is 4. The highest BCUT2D eigenvalue weighted by Crippen LogP contribution is 2.44. The third kappa shape index (κ3) is 3.20. The topological polar surface area (TPSA) is 69.6 Å². The third-order valence-electron chi connectivity index (χ3n) is 7.99. The van der Waals surface area contributed by atoms with Crippen LogP contribution >= 0.6 is 0 Å². The molecular formula is C24H30N4O2S. The molecule has 4 aliphatic rings. The molecule has 1 N–H and O–H groups in total. The molecule has 1 saturated heterocycles. The van der Waals surface area contributed by atoms with Crippen molar-refractivity contribution in [1.82, 2.24) is 9.97 Å². The first kappa shape index (κ1) is 19.7. The highest BCUT2D eigenvalue weighted by Gasteiger charge is 2.47. The SMILES string of the molecule is O=[S@]1CN(C2(CO)CCC2)c2nc(N3CCC(c4ccc5c(c4)CCC5)CC3)ncc21. The van der Waals surface area contributed by atoms with E-state index < -0.39 is 10.8 Å². The molecule has 0 spiro atoms. The molecule has 164 valence electrons. The van der Waals surface area contributed by atoms with Crippen LogP contribution in [0.15, 0.2) is 29.3 Å². The minimum absolute atomic E-state index is 0.0924. The Kier molecular flexibility index (Phi) is 4.79. The maximum absolute atomic E-state index is 12.6. The van der Waals surface area contributed by atoms with E-state index in [2.05, 4.69) is 33.0 Å². The van der Waals surface area contributed by atoms with Crippen molar-refractivity contribution in [3.63, 3.8) is 0 Å². The smallest absolute Gasteiger partial charge is 0.227 e. The lowest BCUT2D eigenvalue weighted by molar-refractivity contribution is 0.119. The van der Waals surface area contributed by atoms with Crippen LogP contribution in [0.4, 0.5) is 11.8 Å². The van der Waals surface area contributed by atoms with E-state index in [1.807, 2.05) is 0 Å². The molecule has 7 heteroatoms. The van der Waals surface area contributed by atoms with E-state index >= 15 is 0 Å². The van der Waals surface area contributed by atoms with E-state index in [1.54, 1.807) is 17.3 Å². The Morgan fingerprint density at radius 1 is 1.13 bits per heavy atom. The minimum atomic E-state index is -1.12. The predicted octanol–water partition coefficient (Wildman–Crippen LogP) is 3.15. The quantitative estimate of drug-likeness (QED) is 0.791. The van der Waals surface area contributed by atoms with Crippen molar-refractivity contribution in [2.24, 2.45) is 0 Å². The summed E-state index contributed by atoms with van der Waals surface area (Å²) in [6.07, 6.45) is 10.7. The number of hydrogen-bond donors (Lipinski definition) is 1. The highest BCUT2D eigenvalue weighted by atomic mass is 32.2. The maximum atomic E-state index is 12.6. The average Bonchev–Trinajstić information content (AvgIpc) is 3.38. The fourth-order valence-corrected chi connectivity index (χ4v) is 7.12. The van der Waals surface area contributed by atoms with E-state index in [4.69, 9.17) is 4.98 Å². The fourth-order valence-electron chi connectivity index (χ4n) is 5.83. The number of aliphatic hydroxyl groups is 1. The molecule has 6 nitrogen and oxygen atoms in total. The van der Waals surface area contributed by atoms with Gasteiger partial charge in [0.1, 0.15) is 10.8 Å². The number of aliphatic hydroxyl groups excluding tert-OH is 1. The number of anilines is 2. The van der Waals surface area contributed by atoms with Gasteiger partial charge in [0, 0.05) is 13.1 Å². The van der Waals surface area contributed by atoms with E-state index in [0.717, 1.165) is 61.9 Å². The van der Waals surface area contributed by atoms with Crippen molar-refractivity contribution in [3.05, 3.63) is 41.1 Å². The molecule has 2 aliphatic carbocycles. The van der Waals surface area contributed by atoms with Gasteiger partial charge in [0.15, 0.2) is 5.82 Å². The largest absolute Gasteiger partial charge is 0.394 e. The summed E-state index contributed by atoms with van der Waals surface area (Å²) in [7, 11) is -1.12. The van der Waals surface area contributed by atoms with Crippen molar-refractivity contribution in [3.8, 4) is 0 Å². The number of aromatic nitrogens is 2. The van der Waals surface area contributed by atoms with Crippen LogP contribution in [0.25, 0.3) is 0 Å². The van der Waals surface area contributed by atoms with Crippen molar-refractivity contribution in [2.45, 2.75) is 67.7 Å². The summed E-state index contributed by atoms with van der Waals surface area (Å²) >= 11 is 0. The van der Waals surface area contributed by atoms with Crippen LogP contribution in [0.2, 0.25) is 0 Å². The molecular weight excluding hydrogens is 408 g/mol. The normalized spacial score (nSPS) is 24.7. The molecule has 3 heterocycles. The zero-order valence-corrected chi connectivity index (χ0v) is 18.7. The Morgan fingerprint density at radius 3 is 2.68 bits per heavy atom. The number of piperidine rings is 1. The average molecular weight is 439 g/mol. The van der Waals surface area contributed by atoms with Crippen LogP contribution in [0.3, 0.4) is 0 Å². The lowest BCUT2D eigenvalue weighted by Crippen LogP contribution is -2.56. The number of hydrogen-bond acceptors (Lipinski definition) is 6. The Balaban J connectivity index is 1.20. The Labute approximate surface area is 186 Å². The molecule has 2 fully saturated rings. The van der Waals surface area contributed by atoms with Gasteiger partial charge in [0.05, 0.1) is 29.1 Å². The summed E-state index contributed by atoms with van der Waals surface area (Å²) in [5.41, 5.74) is 4.31. The van der Waals surface area contributed by atoms with Crippen molar-refractivity contribution < 1.29 is 9.32 Å². The molecule has 31 heavy (non-hydrogen) atoms.